The van der Waals surface area contributed by atoms with Crippen LogP contribution in [0.5, 0.6) is 0 Å². The lowest BCUT2D eigenvalue weighted by Gasteiger charge is -2.11. The largest absolute Gasteiger partial charge is 0.385 e. The Hall–Kier alpha value is -1.65. The summed E-state index contributed by atoms with van der Waals surface area (Å²) in [4.78, 5) is 13.3. The molecule has 4 heteroatoms. The maximum Gasteiger partial charge on any atom is 0.151 e. The summed E-state index contributed by atoms with van der Waals surface area (Å²) < 4.78 is 0. The topological polar surface area (TPSA) is 73.3 Å². The number of aldehydes is 1. The van der Waals surface area contributed by atoms with E-state index in [9.17, 15) is 15.0 Å². The van der Waals surface area contributed by atoms with Crippen LogP contribution in [0.4, 0.5) is 0 Å². The van der Waals surface area contributed by atoms with Gasteiger partial charge in [0, 0.05) is 22.7 Å². The van der Waals surface area contributed by atoms with E-state index in [-0.39, 0.29) is 0 Å². The fraction of sp³-hybridized carbons (Fsp3) is 0.182. The number of H-pyrrole nitrogens is 1. The lowest BCUT2D eigenvalue weighted by atomic mass is 10.0. The van der Waals surface area contributed by atoms with E-state index in [2.05, 4.69) is 4.98 Å². The molecule has 0 amide bonds. The highest BCUT2D eigenvalue weighted by Gasteiger charge is 2.20. The Morgan fingerprint density at radius 3 is 2.73 bits per heavy atom. The SMILES string of the molecule is O=CC(O)C(O)c1c[nH]c2ccccc12. The van der Waals surface area contributed by atoms with Crippen LogP contribution in [-0.4, -0.2) is 27.6 Å². The van der Waals surface area contributed by atoms with Crippen LogP contribution in [-0.2, 0) is 4.79 Å². The summed E-state index contributed by atoms with van der Waals surface area (Å²) in [5, 5.41) is 19.7. The third-order valence-corrected chi connectivity index (χ3v) is 2.40. The van der Waals surface area contributed by atoms with Crippen LogP contribution >= 0.6 is 0 Å². The van der Waals surface area contributed by atoms with E-state index in [0.717, 1.165) is 10.9 Å². The van der Waals surface area contributed by atoms with Gasteiger partial charge in [-0.05, 0) is 6.07 Å². The molecule has 0 fully saturated rings. The zero-order chi connectivity index (χ0) is 10.8. The molecule has 1 heterocycles. The predicted molar refractivity (Wildman–Crippen MR) is 55.3 cm³/mol. The van der Waals surface area contributed by atoms with Crippen LogP contribution in [0.25, 0.3) is 10.9 Å². The van der Waals surface area contributed by atoms with Crippen molar-refractivity contribution in [3.05, 3.63) is 36.0 Å². The van der Waals surface area contributed by atoms with Gasteiger partial charge in [0.2, 0.25) is 0 Å². The van der Waals surface area contributed by atoms with Gasteiger partial charge in [-0.1, -0.05) is 18.2 Å². The second-order valence-electron chi connectivity index (χ2n) is 3.36. The summed E-state index contributed by atoms with van der Waals surface area (Å²) in [6.07, 6.45) is -0.642. The lowest BCUT2D eigenvalue weighted by Crippen LogP contribution is -2.18. The molecule has 0 aliphatic heterocycles. The Labute approximate surface area is 86.2 Å². The Bertz CT molecular complexity index is 477. The maximum atomic E-state index is 10.4. The van der Waals surface area contributed by atoms with Crippen molar-refractivity contribution in [1.82, 2.24) is 4.98 Å². The molecule has 1 aromatic heterocycles. The Kier molecular flexibility index (Phi) is 2.53. The highest BCUT2D eigenvalue weighted by atomic mass is 16.3. The van der Waals surface area contributed by atoms with E-state index in [0.29, 0.717) is 11.8 Å². The number of aromatic amines is 1. The first-order valence-corrected chi connectivity index (χ1v) is 4.61. The van der Waals surface area contributed by atoms with Crippen LogP contribution in [0, 0.1) is 0 Å². The predicted octanol–water partition coefficient (Wildman–Crippen LogP) is 0.761. The molecule has 3 N–H and O–H groups in total. The Balaban J connectivity index is 2.48. The van der Waals surface area contributed by atoms with Crippen molar-refractivity contribution in [2.75, 3.05) is 0 Å². The summed E-state index contributed by atoms with van der Waals surface area (Å²) in [7, 11) is 0. The number of para-hydroxylation sites is 1. The normalized spacial score (nSPS) is 15.1. The van der Waals surface area contributed by atoms with E-state index < -0.39 is 12.2 Å². The number of aliphatic hydroxyl groups excluding tert-OH is 2. The summed E-state index contributed by atoms with van der Waals surface area (Å²) in [5.41, 5.74) is 1.40. The second kappa shape index (κ2) is 3.84. The van der Waals surface area contributed by atoms with Gasteiger partial charge in [0.15, 0.2) is 6.29 Å². The molecule has 15 heavy (non-hydrogen) atoms. The van der Waals surface area contributed by atoms with Gasteiger partial charge in [-0.3, -0.25) is 0 Å². The molecule has 2 unspecified atom stereocenters. The number of carbonyl (C=O) groups excluding carboxylic acids is 1. The molecular weight excluding hydrogens is 194 g/mol. The molecule has 0 saturated carbocycles. The van der Waals surface area contributed by atoms with Crippen LogP contribution < -0.4 is 0 Å². The van der Waals surface area contributed by atoms with Gasteiger partial charge >= 0.3 is 0 Å². The third kappa shape index (κ3) is 1.65. The van der Waals surface area contributed by atoms with Gasteiger partial charge in [-0.15, -0.1) is 0 Å². The van der Waals surface area contributed by atoms with Crippen molar-refractivity contribution in [2.24, 2.45) is 0 Å². The van der Waals surface area contributed by atoms with Crippen molar-refractivity contribution >= 4 is 17.2 Å². The molecular formula is C11H11NO3. The van der Waals surface area contributed by atoms with Crippen molar-refractivity contribution < 1.29 is 15.0 Å². The lowest BCUT2D eigenvalue weighted by molar-refractivity contribution is -0.120. The molecule has 2 aromatic rings. The van der Waals surface area contributed by atoms with Gasteiger partial charge in [0.25, 0.3) is 0 Å². The summed E-state index contributed by atoms with van der Waals surface area (Å²) >= 11 is 0. The van der Waals surface area contributed by atoms with Gasteiger partial charge in [0.1, 0.15) is 12.2 Å². The monoisotopic (exact) mass is 205 g/mol. The van der Waals surface area contributed by atoms with Gasteiger partial charge in [0.05, 0.1) is 0 Å². The van der Waals surface area contributed by atoms with Crippen LogP contribution in [0.3, 0.4) is 0 Å². The number of benzene rings is 1. The van der Waals surface area contributed by atoms with Crippen molar-refractivity contribution in [2.45, 2.75) is 12.2 Å². The van der Waals surface area contributed by atoms with Crippen LogP contribution in [0.1, 0.15) is 11.7 Å². The minimum absolute atomic E-state index is 0.326. The van der Waals surface area contributed by atoms with E-state index in [1.54, 1.807) is 6.20 Å². The first kappa shape index (κ1) is 9.89. The van der Waals surface area contributed by atoms with Crippen molar-refractivity contribution in [1.29, 1.82) is 0 Å². The molecule has 2 atom stereocenters. The minimum Gasteiger partial charge on any atom is -0.385 e. The maximum absolute atomic E-state index is 10.4. The fourth-order valence-electron chi connectivity index (χ4n) is 1.60. The highest BCUT2D eigenvalue weighted by molar-refractivity contribution is 5.84. The molecule has 78 valence electrons. The van der Waals surface area contributed by atoms with Gasteiger partial charge < -0.3 is 20.0 Å². The summed E-state index contributed by atoms with van der Waals surface area (Å²) in [6, 6.07) is 7.38. The number of carbonyl (C=O) groups is 1. The molecule has 0 bridgehead atoms. The third-order valence-electron chi connectivity index (χ3n) is 2.40. The number of fused-ring (bicyclic) bond motifs is 1. The standard InChI is InChI=1S/C11H11NO3/c13-6-10(14)11(15)8-5-12-9-4-2-1-3-7(8)9/h1-6,10-12,14-15H. The number of nitrogens with one attached hydrogen (secondary N) is 1. The average molecular weight is 205 g/mol. The average Bonchev–Trinajstić information content (AvgIpc) is 2.70. The van der Waals surface area contributed by atoms with Crippen LogP contribution in [0.15, 0.2) is 30.5 Å². The highest BCUT2D eigenvalue weighted by Crippen LogP contribution is 2.25. The molecule has 0 aliphatic carbocycles. The van der Waals surface area contributed by atoms with Gasteiger partial charge in [-0.25, -0.2) is 0 Å². The molecule has 0 spiro atoms. The summed E-state index contributed by atoms with van der Waals surface area (Å²) in [5.74, 6) is 0. The first-order chi connectivity index (χ1) is 7.24. The second-order valence-corrected chi connectivity index (χ2v) is 3.36. The molecule has 1 aromatic carbocycles. The number of aliphatic hydroxyl groups is 2. The van der Waals surface area contributed by atoms with E-state index in [1.165, 1.54) is 0 Å². The van der Waals surface area contributed by atoms with Crippen molar-refractivity contribution in [3.63, 3.8) is 0 Å². The van der Waals surface area contributed by atoms with Crippen molar-refractivity contribution in [3.8, 4) is 0 Å². The zero-order valence-corrected chi connectivity index (χ0v) is 7.92. The van der Waals surface area contributed by atoms with E-state index >= 15 is 0 Å². The van der Waals surface area contributed by atoms with Gasteiger partial charge in [-0.2, -0.15) is 0 Å². The zero-order valence-electron chi connectivity index (χ0n) is 7.92. The molecule has 4 nitrogen and oxygen atoms in total. The van der Waals surface area contributed by atoms with Crippen LogP contribution in [0.2, 0.25) is 0 Å². The smallest absolute Gasteiger partial charge is 0.151 e. The Morgan fingerprint density at radius 1 is 1.27 bits per heavy atom. The fourth-order valence-corrected chi connectivity index (χ4v) is 1.60. The minimum atomic E-state index is -1.38. The quantitative estimate of drug-likeness (QED) is 0.648. The Morgan fingerprint density at radius 2 is 2.00 bits per heavy atom. The molecule has 0 saturated heterocycles. The number of aromatic nitrogens is 1. The number of hydrogen-bond acceptors (Lipinski definition) is 3. The number of rotatable bonds is 3. The summed E-state index contributed by atoms with van der Waals surface area (Å²) in [6.45, 7) is 0. The number of hydrogen-bond donors (Lipinski definition) is 3. The van der Waals surface area contributed by atoms with E-state index in [1.807, 2.05) is 24.3 Å². The molecule has 2 rings (SSSR count). The first-order valence-electron chi connectivity index (χ1n) is 4.61. The molecule has 0 radical (unpaired) electrons. The van der Waals surface area contributed by atoms with E-state index in [4.69, 9.17) is 0 Å². The molecule has 0 aliphatic rings.